The van der Waals surface area contributed by atoms with E-state index < -0.39 is 11.9 Å². The van der Waals surface area contributed by atoms with Crippen LogP contribution in [0, 0.1) is 0 Å². The summed E-state index contributed by atoms with van der Waals surface area (Å²) in [5.41, 5.74) is 1.20. The first-order chi connectivity index (χ1) is 18.1. The molecule has 0 saturated heterocycles. The molecule has 10 nitrogen and oxygen atoms in total. The molecular weight excluding hydrogens is 603 g/mol. The van der Waals surface area contributed by atoms with Gasteiger partial charge in [0.05, 0.1) is 25.2 Å². The van der Waals surface area contributed by atoms with Gasteiger partial charge in [0.15, 0.2) is 0 Å². The molecule has 0 aliphatic rings. The molecule has 0 fully saturated rings. The van der Waals surface area contributed by atoms with E-state index in [0.29, 0.717) is 0 Å². The SMILES string of the molecule is O=C([O-])c1ccc(Cl)cc1O.O=C([O-])c1ccc(Cl)cc1O.OCc1cccnc1.OCc1cccnc1.[Cu+2]. The summed E-state index contributed by atoms with van der Waals surface area (Å²) < 4.78 is 0. The van der Waals surface area contributed by atoms with Gasteiger partial charge in [-0.2, -0.15) is 0 Å². The second-order valence-corrected chi connectivity index (χ2v) is 7.81. The van der Waals surface area contributed by atoms with E-state index in [4.69, 9.17) is 43.6 Å². The number of carbonyl (C=O) groups is 2. The van der Waals surface area contributed by atoms with E-state index in [1.165, 1.54) is 24.3 Å². The number of phenols is 2. The zero-order chi connectivity index (χ0) is 28.5. The number of halogens is 2. The maximum absolute atomic E-state index is 10.2. The molecule has 13 heteroatoms. The van der Waals surface area contributed by atoms with Gasteiger partial charge in [0, 0.05) is 46.0 Å². The summed E-state index contributed by atoms with van der Waals surface area (Å²) >= 11 is 10.9. The van der Waals surface area contributed by atoms with E-state index in [9.17, 15) is 19.8 Å². The van der Waals surface area contributed by atoms with Crippen LogP contribution in [0.5, 0.6) is 11.5 Å². The van der Waals surface area contributed by atoms with Crippen LogP contribution < -0.4 is 10.2 Å². The predicted octanol–water partition coefficient (Wildman–Crippen LogP) is 1.96. The molecule has 4 aromatic rings. The predicted molar refractivity (Wildman–Crippen MR) is 135 cm³/mol. The van der Waals surface area contributed by atoms with Crippen molar-refractivity contribution >= 4 is 35.1 Å². The number of hydrogen-bond acceptors (Lipinski definition) is 10. The minimum absolute atomic E-state index is 0. The third kappa shape index (κ3) is 14.1. The van der Waals surface area contributed by atoms with Crippen molar-refractivity contribution in [2.75, 3.05) is 0 Å². The number of carbonyl (C=O) groups excluding carboxylic acids is 2. The Morgan fingerprint density at radius 3 is 1.26 bits per heavy atom. The second kappa shape index (κ2) is 19.4. The second-order valence-electron chi connectivity index (χ2n) is 6.94. The summed E-state index contributed by atoms with van der Waals surface area (Å²) in [6.07, 6.45) is 6.64. The van der Waals surface area contributed by atoms with Crippen molar-refractivity contribution in [3.63, 3.8) is 0 Å². The normalized spacial score (nSPS) is 9.13. The van der Waals surface area contributed by atoms with Gasteiger partial charge >= 0.3 is 17.1 Å². The molecule has 0 atom stereocenters. The molecule has 2 heterocycles. The smallest absolute Gasteiger partial charge is 0.545 e. The summed E-state index contributed by atoms with van der Waals surface area (Å²) in [4.78, 5) is 28.0. The third-order valence-corrected chi connectivity index (χ3v) is 4.64. The number of nitrogens with zero attached hydrogens (tertiary/aromatic N) is 2. The minimum Gasteiger partial charge on any atom is -0.545 e. The Kier molecular flexibility index (Phi) is 17.5. The number of aromatic carboxylic acids is 2. The summed E-state index contributed by atoms with van der Waals surface area (Å²) in [7, 11) is 0. The first-order valence-electron chi connectivity index (χ1n) is 10.5. The topological polar surface area (TPSA) is 187 Å². The van der Waals surface area contributed by atoms with Crippen LogP contribution in [0.15, 0.2) is 85.5 Å². The number of pyridine rings is 2. The van der Waals surface area contributed by atoms with Crippen molar-refractivity contribution in [1.82, 2.24) is 9.97 Å². The van der Waals surface area contributed by atoms with Gasteiger partial charge in [-0.1, -0.05) is 35.3 Å². The maximum atomic E-state index is 10.2. The Bertz CT molecular complexity index is 1200. The Labute approximate surface area is 244 Å². The number of carboxylic acids is 2. The molecule has 0 unspecified atom stereocenters. The van der Waals surface area contributed by atoms with Gasteiger partial charge in [-0.15, -0.1) is 0 Å². The number of aliphatic hydroxyl groups is 2. The summed E-state index contributed by atoms with van der Waals surface area (Å²) in [5.74, 6) is -3.59. The number of aliphatic hydroxyl groups excluding tert-OH is 2. The van der Waals surface area contributed by atoms with Crippen LogP contribution in [0.4, 0.5) is 0 Å². The maximum Gasteiger partial charge on any atom is 2.00 e. The molecule has 209 valence electrons. The van der Waals surface area contributed by atoms with Gasteiger partial charge in [-0.3, -0.25) is 9.97 Å². The molecule has 4 N–H and O–H groups in total. The van der Waals surface area contributed by atoms with Crippen LogP contribution in [0.1, 0.15) is 31.8 Å². The Hall–Kier alpha value is -3.70. The molecule has 0 aliphatic carbocycles. The molecule has 0 saturated carbocycles. The van der Waals surface area contributed by atoms with Crippen molar-refractivity contribution in [1.29, 1.82) is 0 Å². The molecule has 1 radical (unpaired) electrons. The van der Waals surface area contributed by atoms with Crippen LogP contribution in [-0.2, 0) is 30.3 Å². The molecule has 39 heavy (non-hydrogen) atoms. The van der Waals surface area contributed by atoms with Crippen LogP contribution in [0.25, 0.3) is 0 Å². The molecule has 0 amide bonds. The zero-order valence-corrected chi connectivity index (χ0v) is 22.3. The largest absolute Gasteiger partial charge is 2.00 e. The van der Waals surface area contributed by atoms with Gasteiger partial charge in [-0.25, -0.2) is 0 Å². The number of aromatic hydroxyl groups is 2. The van der Waals surface area contributed by atoms with Crippen LogP contribution >= 0.6 is 23.2 Å². The number of hydrogen-bond donors (Lipinski definition) is 4. The van der Waals surface area contributed by atoms with E-state index in [1.54, 1.807) is 36.9 Å². The van der Waals surface area contributed by atoms with Crippen molar-refractivity contribution in [2.24, 2.45) is 0 Å². The molecule has 2 aromatic carbocycles. The molecule has 0 bridgehead atoms. The summed E-state index contributed by atoms with van der Waals surface area (Å²) in [5, 5.41) is 55.9. The quantitative estimate of drug-likeness (QED) is 0.245. The monoisotopic (exact) mass is 623 g/mol. The van der Waals surface area contributed by atoms with Crippen LogP contribution in [0.2, 0.25) is 10.0 Å². The summed E-state index contributed by atoms with van der Waals surface area (Å²) in [6, 6.07) is 14.6. The molecule has 4 rings (SSSR count). The average Bonchev–Trinajstić information content (AvgIpc) is 2.90. The van der Waals surface area contributed by atoms with Crippen molar-refractivity contribution in [3.8, 4) is 11.5 Å². The van der Waals surface area contributed by atoms with Gasteiger partial charge in [0.25, 0.3) is 0 Å². The first kappa shape index (κ1) is 35.3. The number of aromatic nitrogens is 2. The Morgan fingerprint density at radius 1 is 0.692 bits per heavy atom. The van der Waals surface area contributed by atoms with Gasteiger partial charge in [-0.05, 0) is 59.7 Å². The van der Waals surface area contributed by atoms with E-state index in [1.807, 2.05) is 12.1 Å². The molecule has 0 aliphatic heterocycles. The average molecular weight is 625 g/mol. The van der Waals surface area contributed by atoms with Gasteiger partial charge in [0.1, 0.15) is 11.5 Å². The fourth-order valence-corrected chi connectivity index (χ4v) is 2.67. The molecule has 0 spiro atoms. The van der Waals surface area contributed by atoms with E-state index >= 15 is 0 Å². The molecular formula is C26H22Cl2CuN2O8. The first-order valence-corrected chi connectivity index (χ1v) is 11.2. The van der Waals surface area contributed by atoms with E-state index in [2.05, 4.69) is 9.97 Å². The van der Waals surface area contributed by atoms with Gasteiger partial charge in [0.2, 0.25) is 0 Å². The number of rotatable bonds is 4. The van der Waals surface area contributed by atoms with Crippen LogP contribution in [-0.4, -0.2) is 42.3 Å². The van der Waals surface area contributed by atoms with Crippen molar-refractivity contribution < 1.29 is 57.3 Å². The van der Waals surface area contributed by atoms with Crippen LogP contribution in [0.3, 0.4) is 0 Å². The van der Waals surface area contributed by atoms with Crippen molar-refractivity contribution in [3.05, 3.63) is 118 Å². The van der Waals surface area contributed by atoms with Gasteiger partial charge < -0.3 is 40.2 Å². The minimum atomic E-state index is -1.42. The van der Waals surface area contributed by atoms with E-state index in [0.717, 1.165) is 23.3 Å². The standard InChI is InChI=1S/2C7H5ClO3.2C6H7NO.Cu/c2*8-4-1-2-5(7(10)11)6(9)3-4;2*8-5-6-2-1-3-7-4-6;/h2*1-3,9H,(H,10,11);2*1-4,8H,5H2;/q;;;;+2/p-2. The number of carboxylic acid groups (broad SMARTS) is 2. The molecule has 2 aromatic heterocycles. The fourth-order valence-electron chi connectivity index (χ4n) is 2.34. The fraction of sp³-hybridized carbons (Fsp3) is 0.0769. The van der Waals surface area contributed by atoms with Crippen molar-refractivity contribution in [2.45, 2.75) is 13.2 Å². The summed E-state index contributed by atoms with van der Waals surface area (Å²) in [6.45, 7) is 0.154. The Balaban J connectivity index is 0.000000495. The zero-order valence-electron chi connectivity index (χ0n) is 19.9. The third-order valence-electron chi connectivity index (χ3n) is 4.17. The number of benzene rings is 2. The Morgan fingerprint density at radius 2 is 1.05 bits per heavy atom. The van der Waals surface area contributed by atoms with E-state index in [-0.39, 0.29) is 63.0 Å².